The molecule has 2 aromatic heterocycles. The maximum atomic E-state index is 4.71. The second-order valence-electron chi connectivity index (χ2n) is 5.44. The fraction of sp³-hybridized carbons (Fsp3) is 0.438. The lowest BCUT2D eigenvalue weighted by Gasteiger charge is -2.03. The van der Waals surface area contributed by atoms with E-state index in [2.05, 4.69) is 54.7 Å². The number of para-hydroxylation sites is 1. The molecule has 6 heteroatoms. The Bertz CT molecular complexity index is 761. The second kappa shape index (κ2) is 6.52. The molecular weight excluding hydrogens is 294 g/mol. The maximum Gasteiger partial charge on any atom is 0.0918 e. The molecular formula is C16H21N5S. The Morgan fingerprint density at radius 1 is 1.27 bits per heavy atom. The van der Waals surface area contributed by atoms with Gasteiger partial charge in [-0.25, -0.2) is 4.68 Å². The van der Waals surface area contributed by atoms with Crippen LogP contribution >= 0.6 is 11.8 Å². The van der Waals surface area contributed by atoms with Crippen molar-refractivity contribution in [2.24, 2.45) is 0 Å². The first-order valence-corrected chi connectivity index (χ1v) is 8.86. The van der Waals surface area contributed by atoms with Gasteiger partial charge in [0, 0.05) is 29.8 Å². The van der Waals surface area contributed by atoms with Crippen LogP contribution in [-0.2, 0) is 19.5 Å². The molecule has 0 saturated heterocycles. The summed E-state index contributed by atoms with van der Waals surface area (Å²) in [4.78, 5) is 0. The summed E-state index contributed by atoms with van der Waals surface area (Å²) in [5.41, 5.74) is 3.27. The van der Waals surface area contributed by atoms with E-state index in [0.717, 1.165) is 24.4 Å². The van der Waals surface area contributed by atoms with E-state index >= 15 is 0 Å². The largest absolute Gasteiger partial charge is 0.265 e. The van der Waals surface area contributed by atoms with E-state index in [4.69, 9.17) is 5.10 Å². The van der Waals surface area contributed by atoms with Gasteiger partial charge in [-0.15, -0.1) is 5.10 Å². The number of thioether (sulfide) groups is 1. The molecule has 5 nitrogen and oxygen atoms in total. The van der Waals surface area contributed by atoms with Crippen molar-refractivity contribution in [3.63, 3.8) is 0 Å². The Kier molecular flexibility index (Phi) is 4.47. The fourth-order valence-corrected chi connectivity index (χ4v) is 2.93. The number of rotatable bonds is 6. The third-order valence-electron chi connectivity index (χ3n) is 3.83. The van der Waals surface area contributed by atoms with Crippen molar-refractivity contribution in [2.75, 3.05) is 6.26 Å². The highest BCUT2D eigenvalue weighted by Crippen LogP contribution is 2.19. The molecule has 0 aliphatic rings. The van der Waals surface area contributed by atoms with Crippen LogP contribution in [0.5, 0.6) is 0 Å². The average Bonchev–Trinajstić information content (AvgIpc) is 3.12. The minimum absolute atomic E-state index is 0.560. The van der Waals surface area contributed by atoms with Crippen LogP contribution in [0.4, 0.5) is 0 Å². The maximum absolute atomic E-state index is 4.71. The van der Waals surface area contributed by atoms with Crippen molar-refractivity contribution in [3.8, 4) is 0 Å². The molecule has 0 unspecified atom stereocenters. The lowest BCUT2D eigenvalue weighted by molar-refractivity contribution is 0.611. The number of fused-ring (bicyclic) bond motifs is 1. The van der Waals surface area contributed by atoms with Crippen LogP contribution in [0.1, 0.15) is 25.2 Å². The zero-order chi connectivity index (χ0) is 15.5. The molecule has 116 valence electrons. The normalized spacial score (nSPS) is 12.9. The van der Waals surface area contributed by atoms with Gasteiger partial charge in [-0.3, -0.25) is 4.68 Å². The summed E-state index contributed by atoms with van der Waals surface area (Å²) in [7, 11) is 0. The van der Waals surface area contributed by atoms with E-state index in [1.165, 1.54) is 10.9 Å². The number of hydrogen-bond donors (Lipinski definition) is 0. The Labute approximate surface area is 134 Å². The summed E-state index contributed by atoms with van der Waals surface area (Å²) in [6, 6.07) is 8.34. The standard InChI is InChI=1S/C16H21N5S/c1-4-21-16-8-6-5-7-14(16)15(18-21)11-20-10-13(17-19-20)9-12(2)22-3/h5-8,10,12H,4,9,11H2,1-3H3/t12-/m1/s1. The van der Waals surface area contributed by atoms with E-state index < -0.39 is 0 Å². The monoisotopic (exact) mass is 315 g/mol. The molecule has 0 fully saturated rings. The van der Waals surface area contributed by atoms with Crippen LogP contribution in [0.3, 0.4) is 0 Å². The molecule has 2 heterocycles. The lowest BCUT2D eigenvalue weighted by atomic mass is 10.2. The first-order valence-electron chi connectivity index (χ1n) is 7.57. The Hall–Kier alpha value is -1.82. The lowest BCUT2D eigenvalue weighted by Crippen LogP contribution is -2.03. The van der Waals surface area contributed by atoms with E-state index in [0.29, 0.717) is 11.8 Å². The number of hydrogen-bond acceptors (Lipinski definition) is 4. The van der Waals surface area contributed by atoms with Gasteiger partial charge in [-0.1, -0.05) is 30.3 Å². The van der Waals surface area contributed by atoms with Gasteiger partial charge < -0.3 is 0 Å². The Balaban J connectivity index is 1.84. The van der Waals surface area contributed by atoms with Gasteiger partial charge in [0.25, 0.3) is 0 Å². The molecule has 22 heavy (non-hydrogen) atoms. The second-order valence-corrected chi connectivity index (χ2v) is 6.71. The van der Waals surface area contributed by atoms with Crippen LogP contribution in [0.2, 0.25) is 0 Å². The summed E-state index contributed by atoms with van der Waals surface area (Å²) in [5, 5.41) is 15.0. The van der Waals surface area contributed by atoms with Crippen molar-refractivity contribution < 1.29 is 0 Å². The Morgan fingerprint density at radius 2 is 2.09 bits per heavy atom. The number of aromatic nitrogens is 5. The first-order chi connectivity index (χ1) is 10.7. The summed E-state index contributed by atoms with van der Waals surface area (Å²) in [5.74, 6) is 0. The van der Waals surface area contributed by atoms with Crippen molar-refractivity contribution in [1.29, 1.82) is 0 Å². The highest BCUT2D eigenvalue weighted by atomic mass is 32.2. The van der Waals surface area contributed by atoms with Crippen molar-refractivity contribution >= 4 is 22.7 Å². The van der Waals surface area contributed by atoms with Crippen LogP contribution in [0.15, 0.2) is 30.5 Å². The third kappa shape index (κ3) is 3.02. The molecule has 1 aromatic carbocycles. The summed E-state index contributed by atoms with van der Waals surface area (Å²) in [6.07, 6.45) is 5.11. The molecule has 3 aromatic rings. The van der Waals surface area contributed by atoms with Gasteiger partial charge in [0.05, 0.1) is 23.4 Å². The molecule has 1 atom stereocenters. The molecule has 0 N–H and O–H groups in total. The van der Waals surface area contributed by atoms with Gasteiger partial charge >= 0.3 is 0 Å². The molecule has 3 rings (SSSR count). The summed E-state index contributed by atoms with van der Waals surface area (Å²) < 4.78 is 3.93. The number of benzene rings is 1. The average molecular weight is 315 g/mol. The minimum Gasteiger partial charge on any atom is -0.265 e. The van der Waals surface area contributed by atoms with E-state index in [1.54, 1.807) is 0 Å². The summed E-state index contributed by atoms with van der Waals surface area (Å²) in [6.45, 7) is 5.85. The van der Waals surface area contributed by atoms with E-state index in [-0.39, 0.29) is 0 Å². The summed E-state index contributed by atoms with van der Waals surface area (Å²) >= 11 is 1.85. The topological polar surface area (TPSA) is 48.5 Å². The van der Waals surface area contributed by atoms with Crippen LogP contribution in [0, 0.1) is 0 Å². The van der Waals surface area contributed by atoms with Crippen molar-refractivity contribution in [3.05, 3.63) is 41.9 Å². The smallest absolute Gasteiger partial charge is 0.0918 e. The molecule has 0 amide bonds. The van der Waals surface area contributed by atoms with Gasteiger partial charge in [0.1, 0.15) is 0 Å². The molecule has 0 aliphatic carbocycles. The van der Waals surface area contributed by atoms with Crippen LogP contribution in [0.25, 0.3) is 10.9 Å². The van der Waals surface area contributed by atoms with Gasteiger partial charge in [-0.05, 0) is 19.2 Å². The third-order valence-corrected chi connectivity index (χ3v) is 4.80. The number of aryl methyl sites for hydroxylation is 1. The van der Waals surface area contributed by atoms with Gasteiger partial charge in [0.2, 0.25) is 0 Å². The van der Waals surface area contributed by atoms with Crippen molar-refractivity contribution in [2.45, 2.75) is 38.6 Å². The van der Waals surface area contributed by atoms with Crippen LogP contribution < -0.4 is 0 Å². The Morgan fingerprint density at radius 3 is 2.86 bits per heavy atom. The van der Waals surface area contributed by atoms with E-state index in [1.807, 2.05) is 27.3 Å². The van der Waals surface area contributed by atoms with E-state index in [9.17, 15) is 0 Å². The van der Waals surface area contributed by atoms with Crippen LogP contribution in [-0.4, -0.2) is 36.3 Å². The molecule has 0 aliphatic heterocycles. The first kappa shape index (κ1) is 15.1. The molecule has 0 spiro atoms. The minimum atomic E-state index is 0.560. The zero-order valence-electron chi connectivity index (χ0n) is 13.2. The molecule has 0 radical (unpaired) electrons. The zero-order valence-corrected chi connectivity index (χ0v) is 14.0. The van der Waals surface area contributed by atoms with Crippen molar-refractivity contribution in [1.82, 2.24) is 24.8 Å². The highest BCUT2D eigenvalue weighted by Gasteiger charge is 2.11. The van der Waals surface area contributed by atoms with Gasteiger partial charge in [0.15, 0.2) is 0 Å². The molecule has 0 bridgehead atoms. The molecule has 0 saturated carbocycles. The number of nitrogens with zero attached hydrogens (tertiary/aromatic N) is 5. The highest BCUT2D eigenvalue weighted by molar-refractivity contribution is 7.99. The fourth-order valence-electron chi connectivity index (χ4n) is 2.59. The SMILES string of the molecule is CCn1nc(Cn2cc(C[C@@H](C)SC)nn2)c2ccccc21. The quantitative estimate of drug-likeness (QED) is 0.701. The predicted molar refractivity (Wildman–Crippen MR) is 91.2 cm³/mol. The van der Waals surface area contributed by atoms with Gasteiger partial charge in [-0.2, -0.15) is 16.9 Å². The predicted octanol–water partition coefficient (Wildman–Crippen LogP) is 2.99.